The van der Waals surface area contributed by atoms with E-state index in [1.165, 1.54) is 12.8 Å². The smallest absolute Gasteiger partial charge is 0.331 e. The Morgan fingerprint density at radius 2 is 1.91 bits per heavy atom. The number of allylic oxidation sites excluding steroid dienone is 2. The number of hydrogen-bond acceptors (Lipinski definition) is 2. The second kappa shape index (κ2) is 9.57. The van der Waals surface area contributed by atoms with Crippen molar-refractivity contribution in [2.45, 2.75) is 46.0 Å². The van der Waals surface area contributed by atoms with E-state index in [9.17, 15) is 4.79 Å². The predicted molar refractivity (Wildman–Crippen MR) is 89.3 cm³/mol. The molecule has 0 radical (unpaired) electrons. The number of hydrogen-bond donors (Lipinski definition) is 1. The molecular weight excluding hydrogens is 274 g/mol. The van der Waals surface area contributed by atoms with Crippen LogP contribution in [0.25, 0.3) is 6.08 Å². The third kappa shape index (κ3) is 6.41. The van der Waals surface area contributed by atoms with Crippen LogP contribution in [0.2, 0.25) is 0 Å². The van der Waals surface area contributed by atoms with E-state index in [0.29, 0.717) is 11.1 Å². The first-order valence-corrected chi connectivity index (χ1v) is 7.69. The van der Waals surface area contributed by atoms with E-state index in [1.807, 2.05) is 18.2 Å². The van der Waals surface area contributed by atoms with E-state index in [-0.39, 0.29) is 0 Å². The van der Waals surface area contributed by atoms with Crippen molar-refractivity contribution < 1.29 is 9.90 Å². The number of carbonyl (C=O) groups is 1. The van der Waals surface area contributed by atoms with Gasteiger partial charge in [-0.1, -0.05) is 44.4 Å². The van der Waals surface area contributed by atoms with Crippen LogP contribution in [-0.2, 0) is 4.79 Å². The fraction of sp³-hybridized carbons (Fsp3) is 0.368. The molecule has 0 saturated heterocycles. The van der Waals surface area contributed by atoms with Gasteiger partial charge < -0.3 is 5.11 Å². The van der Waals surface area contributed by atoms with E-state index in [1.54, 1.807) is 25.1 Å². The molecule has 1 N–H and O–H groups in total. The first-order valence-electron chi connectivity index (χ1n) is 7.69. The fourth-order valence-corrected chi connectivity index (χ4v) is 2.15. The molecule has 0 heterocycles. The monoisotopic (exact) mass is 297 g/mol. The Morgan fingerprint density at radius 1 is 1.23 bits per heavy atom. The summed E-state index contributed by atoms with van der Waals surface area (Å²) in [5, 5.41) is 17.9. The van der Waals surface area contributed by atoms with Crippen LogP contribution in [0, 0.1) is 11.3 Å². The predicted octanol–water partition coefficient (Wildman–Crippen LogP) is 4.94. The maximum atomic E-state index is 11.0. The Kier molecular flexibility index (Phi) is 7.70. The minimum Gasteiger partial charge on any atom is -0.478 e. The van der Waals surface area contributed by atoms with Crippen molar-refractivity contribution in [1.29, 1.82) is 5.26 Å². The average molecular weight is 297 g/mol. The summed E-state index contributed by atoms with van der Waals surface area (Å²) in [5.41, 5.74) is 2.97. The van der Waals surface area contributed by atoms with Crippen molar-refractivity contribution in [1.82, 2.24) is 0 Å². The van der Waals surface area contributed by atoms with Crippen LogP contribution >= 0.6 is 0 Å². The third-order valence-electron chi connectivity index (χ3n) is 3.45. The lowest BCUT2D eigenvalue weighted by atomic mass is 10.0. The van der Waals surface area contributed by atoms with Crippen LogP contribution in [0.5, 0.6) is 0 Å². The minimum absolute atomic E-state index is 0.343. The van der Waals surface area contributed by atoms with Crippen molar-refractivity contribution in [3.63, 3.8) is 0 Å². The van der Waals surface area contributed by atoms with Gasteiger partial charge in [0.15, 0.2) is 0 Å². The van der Waals surface area contributed by atoms with Gasteiger partial charge in [-0.15, -0.1) is 0 Å². The maximum Gasteiger partial charge on any atom is 0.331 e. The molecule has 1 aromatic carbocycles. The summed E-state index contributed by atoms with van der Waals surface area (Å²) in [6.45, 7) is 3.78. The highest BCUT2D eigenvalue weighted by Gasteiger charge is 2.03. The van der Waals surface area contributed by atoms with Gasteiger partial charge in [0.1, 0.15) is 0 Å². The third-order valence-corrected chi connectivity index (χ3v) is 3.45. The van der Waals surface area contributed by atoms with Gasteiger partial charge in [-0.05, 0) is 49.1 Å². The molecule has 0 saturated carbocycles. The average Bonchev–Trinajstić information content (AvgIpc) is 2.52. The van der Waals surface area contributed by atoms with E-state index in [0.717, 1.165) is 30.4 Å². The van der Waals surface area contributed by atoms with Gasteiger partial charge in [0.2, 0.25) is 0 Å². The highest BCUT2D eigenvalue weighted by molar-refractivity contribution is 5.86. The molecule has 0 unspecified atom stereocenters. The van der Waals surface area contributed by atoms with Gasteiger partial charge in [-0.3, -0.25) is 0 Å². The zero-order valence-corrected chi connectivity index (χ0v) is 13.3. The summed E-state index contributed by atoms with van der Waals surface area (Å²) in [6.07, 6.45) is 9.20. The number of unbranched alkanes of at least 4 members (excludes halogenated alkanes) is 3. The van der Waals surface area contributed by atoms with Crippen molar-refractivity contribution in [2.24, 2.45) is 0 Å². The Hall–Kier alpha value is -2.34. The molecule has 0 spiro atoms. The molecule has 0 aliphatic rings. The second-order valence-corrected chi connectivity index (χ2v) is 5.40. The summed E-state index contributed by atoms with van der Waals surface area (Å²) < 4.78 is 0. The minimum atomic E-state index is -0.890. The van der Waals surface area contributed by atoms with Crippen LogP contribution < -0.4 is 0 Å². The number of nitrogens with zero attached hydrogens (tertiary/aromatic N) is 1. The maximum absolute atomic E-state index is 11.0. The van der Waals surface area contributed by atoms with Crippen LogP contribution in [0.3, 0.4) is 0 Å². The first-order chi connectivity index (χ1) is 10.6. The summed E-state index contributed by atoms with van der Waals surface area (Å²) in [6, 6.07) is 9.40. The summed E-state index contributed by atoms with van der Waals surface area (Å²) in [7, 11) is 0. The molecule has 0 atom stereocenters. The lowest BCUT2D eigenvalue weighted by Crippen LogP contribution is -1.97. The normalized spacial score (nSPS) is 12.0. The highest BCUT2D eigenvalue weighted by atomic mass is 16.4. The summed E-state index contributed by atoms with van der Waals surface area (Å²) in [4.78, 5) is 11.0. The SMILES string of the molecule is CCCCCCC(/C=C(/C)C(=O)O)=C\c1ccc(C#N)cc1. The Morgan fingerprint density at radius 3 is 2.45 bits per heavy atom. The van der Waals surface area contributed by atoms with Gasteiger partial charge in [-0.25, -0.2) is 4.79 Å². The molecular formula is C19H23NO2. The van der Waals surface area contributed by atoms with Gasteiger partial charge in [0.25, 0.3) is 0 Å². The Labute approximate surface area is 132 Å². The fourth-order valence-electron chi connectivity index (χ4n) is 2.15. The van der Waals surface area contributed by atoms with Crippen LogP contribution in [0.1, 0.15) is 57.1 Å². The second-order valence-electron chi connectivity index (χ2n) is 5.40. The standard InChI is InChI=1S/C19H23NO2/c1-3-4-5-6-7-18(12-15(2)19(21)22)13-16-8-10-17(14-20)11-9-16/h8-13H,3-7H2,1-2H3,(H,21,22)/b15-12-,18-13+. The number of carboxylic acid groups (broad SMARTS) is 1. The molecule has 0 bridgehead atoms. The zero-order valence-electron chi connectivity index (χ0n) is 13.3. The molecule has 3 heteroatoms. The quantitative estimate of drug-likeness (QED) is 0.420. The topological polar surface area (TPSA) is 61.1 Å². The number of rotatable bonds is 8. The first kappa shape index (κ1) is 17.7. The van der Waals surface area contributed by atoms with Gasteiger partial charge >= 0.3 is 5.97 Å². The Balaban J connectivity index is 2.91. The lowest BCUT2D eigenvalue weighted by Gasteiger charge is -2.05. The van der Waals surface area contributed by atoms with E-state index < -0.39 is 5.97 Å². The molecule has 0 fully saturated rings. The Bertz CT molecular complexity index is 589. The van der Waals surface area contributed by atoms with Crippen molar-refractivity contribution >= 4 is 12.0 Å². The molecule has 3 nitrogen and oxygen atoms in total. The molecule has 0 aliphatic carbocycles. The summed E-state index contributed by atoms with van der Waals surface area (Å²) >= 11 is 0. The van der Waals surface area contributed by atoms with Crippen molar-refractivity contribution in [2.75, 3.05) is 0 Å². The molecule has 1 rings (SSSR count). The number of carboxylic acids is 1. The summed E-state index contributed by atoms with van der Waals surface area (Å²) in [5.74, 6) is -0.890. The van der Waals surface area contributed by atoms with Crippen molar-refractivity contribution in [3.8, 4) is 6.07 Å². The highest BCUT2D eigenvalue weighted by Crippen LogP contribution is 2.18. The van der Waals surface area contributed by atoms with Gasteiger partial charge in [0.05, 0.1) is 11.6 Å². The van der Waals surface area contributed by atoms with Crippen LogP contribution in [0.15, 0.2) is 41.5 Å². The van der Waals surface area contributed by atoms with E-state index in [4.69, 9.17) is 10.4 Å². The van der Waals surface area contributed by atoms with E-state index in [2.05, 4.69) is 13.0 Å². The number of aliphatic carboxylic acids is 1. The van der Waals surface area contributed by atoms with Gasteiger partial charge in [-0.2, -0.15) is 5.26 Å². The number of nitriles is 1. The molecule has 1 aromatic rings. The molecule has 0 aromatic heterocycles. The lowest BCUT2D eigenvalue weighted by molar-refractivity contribution is -0.132. The van der Waals surface area contributed by atoms with E-state index >= 15 is 0 Å². The van der Waals surface area contributed by atoms with Gasteiger partial charge in [0, 0.05) is 5.57 Å². The van der Waals surface area contributed by atoms with Crippen molar-refractivity contribution in [3.05, 3.63) is 52.6 Å². The number of benzene rings is 1. The van der Waals surface area contributed by atoms with Crippen LogP contribution in [0.4, 0.5) is 0 Å². The zero-order chi connectivity index (χ0) is 16.4. The molecule has 22 heavy (non-hydrogen) atoms. The largest absolute Gasteiger partial charge is 0.478 e. The molecule has 116 valence electrons. The molecule has 0 amide bonds. The van der Waals surface area contributed by atoms with Crippen LogP contribution in [-0.4, -0.2) is 11.1 Å². The molecule has 0 aliphatic heterocycles.